The Balaban J connectivity index is 1.67. The molecule has 1 aromatic heterocycles. The maximum absolute atomic E-state index is 9.15. The van der Waals surface area contributed by atoms with Gasteiger partial charge in [-0.05, 0) is 59.7 Å². The Morgan fingerprint density at radius 3 is 2.14 bits per heavy atom. The predicted molar refractivity (Wildman–Crippen MR) is 109 cm³/mol. The Hall–Kier alpha value is -4.10. The Bertz CT molecular complexity index is 1180. The Morgan fingerprint density at radius 2 is 1.43 bits per heavy atom. The summed E-state index contributed by atoms with van der Waals surface area (Å²) < 4.78 is 6.09. The van der Waals surface area contributed by atoms with Crippen LogP contribution in [0.15, 0.2) is 91.1 Å². The Kier molecular flexibility index (Phi) is 3.78. The van der Waals surface area contributed by atoms with Gasteiger partial charge in [0, 0.05) is 11.9 Å². The number of nitrogens with zero attached hydrogens (tertiary/aromatic N) is 3. The second-order valence-corrected chi connectivity index (χ2v) is 6.46. The van der Waals surface area contributed by atoms with Crippen LogP contribution in [0.1, 0.15) is 5.69 Å². The van der Waals surface area contributed by atoms with Crippen LogP contribution in [0.3, 0.4) is 0 Å². The van der Waals surface area contributed by atoms with E-state index in [9.17, 15) is 0 Å². The average molecular weight is 361 g/mol. The Labute approximate surface area is 162 Å². The monoisotopic (exact) mass is 361 g/mol. The van der Waals surface area contributed by atoms with Crippen molar-refractivity contribution in [2.45, 2.75) is 0 Å². The zero-order valence-corrected chi connectivity index (χ0v) is 14.9. The van der Waals surface area contributed by atoms with Gasteiger partial charge in [-0.25, -0.2) is 4.98 Å². The van der Waals surface area contributed by atoms with Crippen LogP contribution in [0.4, 0.5) is 17.1 Å². The third kappa shape index (κ3) is 2.67. The molecule has 0 unspecified atom stereocenters. The number of aromatic nitrogens is 1. The summed E-state index contributed by atoms with van der Waals surface area (Å²) in [5.41, 5.74) is 5.40. The van der Waals surface area contributed by atoms with Crippen LogP contribution in [0, 0.1) is 11.3 Å². The van der Waals surface area contributed by atoms with Gasteiger partial charge in [-0.3, -0.25) is 0 Å². The van der Waals surface area contributed by atoms with E-state index in [1.165, 1.54) is 0 Å². The smallest absolute Gasteiger partial charge is 0.151 e. The molecule has 4 aromatic rings. The lowest BCUT2D eigenvalue weighted by molar-refractivity contribution is 0.477. The molecule has 0 radical (unpaired) electrons. The highest BCUT2D eigenvalue weighted by Crippen LogP contribution is 2.50. The fraction of sp³-hybridized carbons (Fsp3) is 0. The second kappa shape index (κ2) is 6.57. The van der Waals surface area contributed by atoms with Crippen molar-refractivity contribution >= 4 is 17.1 Å². The predicted octanol–water partition coefficient (Wildman–Crippen LogP) is 6.20. The maximum Gasteiger partial charge on any atom is 0.151 e. The molecule has 2 heterocycles. The van der Waals surface area contributed by atoms with E-state index in [4.69, 9.17) is 10.00 Å². The molecule has 1 aliphatic heterocycles. The van der Waals surface area contributed by atoms with Crippen LogP contribution in [0.5, 0.6) is 11.5 Å². The molecule has 1 aliphatic rings. The zero-order chi connectivity index (χ0) is 18.9. The summed E-state index contributed by atoms with van der Waals surface area (Å²) in [6.45, 7) is 0. The first-order chi connectivity index (χ1) is 13.8. The van der Waals surface area contributed by atoms with E-state index in [-0.39, 0.29) is 0 Å². The van der Waals surface area contributed by atoms with E-state index in [2.05, 4.69) is 40.2 Å². The number of pyridine rings is 1. The minimum atomic E-state index is 0.407. The third-order valence-corrected chi connectivity index (χ3v) is 4.74. The molecule has 0 amide bonds. The molecular formula is C24H15N3O. The van der Waals surface area contributed by atoms with Crippen LogP contribution in [-0.4, -0.2) is 4.98 Å². The summed E-state index contributed by atoms with van der Waals surface area (Å²) in [5, 5.41) is 9.15. The van der Waals surface area contributed by atoms with Crippen molar-refractivity contribution in [3.63, 3.8) is 0 Å². The molecule has 3 aromatic carbocycles. The van der Waals surface area contributed by atoms with Gasteiger partial charge >= 0.3 is 0 Å². The molecule has 0 N–H and O–H groups in total. The molecule has 0 atom stereocenters. The first-order valence-electron chi connectivity index (χ1n) is 8.96. The highest BCUT2D eigenvalue weighted by Gasteiger charge is 2.25. The first-order valence-corrected chi connectivity index (χ1v) is 8.96. The molecule has 5 rings (SSSR count). The summed E-state index contributed by atoms with van der Waals surface area (Å²) in [7, 11) is 0. The topological polar surface area (TPSA) is 49.2 Å². The van der Waals surface area contributed by atoms with Gasteiger partial charge in [0.1, 0.15) is 11.8 Å². The number of nitriles is 1. The van der Waals surface area contributed by atoms with Gasteiger partial charge in [-0.2, -0.15) is 5.26 Å². The number of hydrogen-bond donors (Lipinski definition) is 0. The SMILES string of the molecule is N#Cc1cc(-c2cccc(N3c4ccccc4Oc4ccccc43)c2)ccn1. The molecule has 0 saturated heterocycles. The summed E-state index contributed by atoms with van der Waals surface area (Å²) in [5.74, 6) is 1.64. The van der Waals surface area contributed by atoms with Crippen molar-refractivity contribution < 1.29 is 4.74 Å². The molecule has 28 heavy (non-hydrogen) atoms. The highest BCUT2D eigenvalue weighted by atomic mass is 16.5. The van der Waals surface area contributed by atoms with E-state index in [1.54, 1.807) is 12.3 Å². The van der Waals surface area contributed by atoms with E-state index >= 15 is 0 Å². The van der Waals surface area contributed by atoms with Crippen molar-refractivity contribution in [2.24, 2.45) is 0 Å². The maximum atomic E-state index is 9.15. The standard InChI is InChI=1S/C24H15N3O/c25-16-19-14-18(12-13-26-19)17-6-5-7-20(15-17)27-21-8-1-3-10-23(21)28-24-11-4-2-9-22(24)27/h1-15H. The lowest BCUT2D eigenvalue weighted by Crippen LogP contribution is -2.15. The number of anilines is 3. The van der Waals surface area contributed by atoms with Gasteiger partial charge in [0.2, 0.25) is 0 Å². The van der Waals surface area contributed by atoms with Gasteiger partial charge in [0.25, 0.3) is 0 Å². The van der Waals surface area contributed by atoms with E-state index in [1.807, 2.05) is 54.6 Å². The lowest BCUT2D eigenvalue weighted by Gasteiger charge is -2.33. The van der Waals surface area contributed by atoms with Gasteiger partial charge in [-0.1, -0.05) is 36.4 Å². The van der Waals surface area contributed by atoms with E-state index < -0.39 is 0 Å². The van der Waals surface area contributed by atoms with Crippen molar-refractivity contribution in [2.75, 3.05) is 4.90 Å². The summed E-state index contributed by atoms with van der Waals surface area (Å²) in [6, 6.07) is 30.1. The number of benzene rings is 3. The van der Waals surface area contributed by atoms with Crippen LogP contribution < -0.4 is 9.64 Å². The van der Waals surface area contributed by atoms with Crippen molar-refractivity contribution in [1.82, 2.24) is 4.98 Å². The lowest BCUT2D eigenvalue weighted by atomic mass is 10.0. The molecule has 0 fully saturated rings. The number of para-hydroxylation sites is 4. The molecular weight excluding hydrogens is 346 g/mol. The van der Waals surface area contributed by atoms with Crippen LogP contribution in [-0.2, 0) is 0 Å². The van der Waals surface area contributed by atoms with Crippen LogP contribution in [0.25, 0.3) is 11.1 Å². The molecule has 0 saturated carbocycles. The quantitative estimate of drug-likeness (QED) is 0.376. The van der Waals surface area contributed by atoms with E-state index in [0.29, 0.717) is 5.69 Å². The fourth-order valence-corrected chi connectivity index (χ4v) is 3.48. The number of rotatable bonds is 2. The zero-order valence-electron chi connectivity index (χ0n) is 14.9. The van der Waals surface area contributed by atoms with Crippen molar-refractivity contribution in [3.05, 3.63) is 96.8 Å². The minimum Gasteiger partial charge on any atom is -0.453 e. The normalized spacial score (nSPS) is 11.8. The fourth-order valence-electron chi connectivity index (χ4n) is 3.48. The molecule has 0 aliphatic carbocycles. The third-order valence-electron chi connectivity index (χ3n) is 4.74. The largest absolute Gasteiger partial charge is 0.453 e. The average Bonchev–Trinajstić information content (AvgIpc) is 2.77. The molecule has 0 spiro atoms. The molecule has 132 valence electrons. The summed E-state index contributed by atoms with van der Waals surface area (Å²) in [4.78, 5) is 6.27. The van der Waals surface area contributed by atoms with Gasteiger partial charge in [0.05, 0.1) is 11.4 Å². The Morgan fingerprint density at radius 1 is 0.750 bits per heavy atom. The van der Waals surface area contributed by atoms with Crippen LogP contribution >= 0.6 is 0 Å². The van der Waals surface area contributed by atoms with Gasteiger partial charge < -0.3 is 9.64 Å². The molecule has 4 heteroatoms. The first kappa shape index (κ1) is 16.1. The van der Waals surface area contributed by atoms with E-state index in [0.717, 1.165) is 39.7 Å². The summed E-state index contributed by atoms with van der Waals surface area (Å²) >= 11 is 0. The number of fused-ring (bicyclic) bond motifs is 2. The summed E-state index contributed by atoms with van der Waals surface area (Å²) in [6.07, 6.45) is 1.67. The van der Waals surface area contributed by atoms with Crippen LogP contribution in [0.2, 0.25) is 0 Å². The molecule has 4 nitrogen and oxygen atoms in total. The number of hydrogen-bond acceptors (Lipinski definition) is 4. The van der Waals surface area contributed by atoms with Gasteiger partial charge in [-0.15, -0.1) is 0 Å². The minimum absolute atomic E-state index is 0.407. The number of ether oxygens (including phenoxy) is 1. The van der Waals surface area contributed by atoms with Gasteiger partial charge in [0.15, 0.2) is 11.5 Å². The van der Waals surface area contributed by atoms with Crippen molar-refractivity contribution in [3.8, 4) is 28.7 Å². The second-order valence-electron chi connectivity index (χ2n) is 6.46. The van der Waals surface area contributed by atoms with Crippen molar-refractivity contribution in [1.29, 1.82) is 5.26 Å². The highest BCUT2D eigenvalue weighted by molar-refractivity contribution is 5.87. The molecule has 0 bridgehead atoms.